The topological polar surface area (TPSA) is 93.8 Å². The van der Waals surface area contributed by atoms with Gasteiger partial charge in [-0.3, -0.25) is 10.1 Å². The van der Waals surface area contributed by atoms with Crippen LogP contribution in [0.15, 0.2) is 16.8 Å². The van der Waals surface area contributed by atoms with Crippen molar-refractivity contribution in [1.82, 2.24) is 19.5 Å². The minimum Gasteiger partial charge on any atom is -0.336 e. The third kappa shape index (κ3) is 2.62. The lowest BCUT2D eigenvalue weighted by molar-refractivity contribution is 0.102. The average Bonchev–Trinajstić information content (AvgIpc) is 3.04. The van der Waals surface area contributed by atoms with E-state index in [-0.39, 0.29) is 11.8 Å². The Morgan fingerprint density at radius 1 is 1.43 bits per heavy atom. The summed E-state index contributed by atoms with van der Waals surface area (Å²) in [6.45, 7) is 5.79. The molecule has 7 nitrogen and oxygen atoms in total. The van der Waals surface area contributed by atoms with E-state index in [2.05, 4.69) is 24.8 Å². The van der Waals surface area contributed by atoms with Gasteiger partial charge in [0.15, 0.2) is 0 Å². The molecule has 0 fully saturated rings. The minimum atomic E-state index is -0.281. The van der Waals surface area contributed by atoms with Crippen molar-refractivity contribution in [3.05, 3.63) is 29.3 Å². The molecule has 0 saturated heterocycles. The molecule has 0 aromatic carbocycles. The first kappa shape index (κ1) is 13.6. The Morgan fingerprint density at radius 3 is 2.90 bits per heavy atom. The first-order valence-corrected chi connectivity index (χ1v) is 7.19. The van der Waals surface area contributed by atoms with E-state index in [1.54, 1.807) is 13.0 Å². The molecule has 3 aromatic heterocycles. The number of aromatic nitrogens is 4. The lowest BCUT2D eigenvalue weighted by Gasteiger charge is -2.02. The third-order valence-electron chi connectivity index (χ3n) is 2.91. The predicted octanol–water partition coefficient (Wildman–Crippen LogP) is 2.76. The zero-order valence-electron chi connectivity index (χ0n) is 11.7. The van der Waals surface area contributed by atoms with Crippen LogP contribution in [-0.2, 0) is 0 Å². The summed E-state index contributed by atoms with van der Waals surface area (Å²) in [5.74, 6) is 0.540. The first-order valence-electron chi connectivity index (χ1n) is 6.41. The number of nitrogens with one attached hydrogen (secondary N) is 1. The highest BCUT2D eigenvalue weighted by Gasteiger charge is 2.16. The highest BCUT2D eigenvalue weighted by Crippen LogP contribution is 2.24. The van der Waals surface area contributed by atoms with E-state index in [1.165, 1.54) is 6.20 Å². The molecule has 0 atom stereocenters. The van der Waals surface area contributed by atoms with Crippen LogP contribution < -0.4 is 5.32 Å². The van der Waals surface area contributed by atoms with Crippen molar-refractivity contribution in [2.45, 2.75) is 26.7 Å². The van der Waals surface area contributed by atoms with Crippen molar-refractivity contribution in [3.63, 3.8) is 0 Å². The number of anilines is 1. The molecule has 0 unspecified atom stereocenters. The summed E-state index contributed by atoms with van der Waals surface area (Å²) in [6.07, 6.45) is 1.46. The minimum absolute atomic E-state index is 0.192. The molecule has 1 N–H and O–H groups in total. The number of fused-ring (bicyclic) bond motifs is 1. The molecule has 1 amide bonds. The Bertz CT molecular complexity index is 808. The summed E-state index contributed by atoms with van der Waals surface area (Å²) in [5.41, 5.74) is 1.65. The predicted molar refractivity (Wildman–Crippen MR) is 78.5 cm³/mol. The summed E-state index contributed by atoms with van der Waals surface area (Å²) >= 11 is 1.14. The number of pyridine rings is 1. The standard InChI is InChI=1S/C13H13N5O2S/c1-6(2)10-9-4-8(5-14-12(9)20-17-10)11(19)16-13-15-7(3)18-21-13/h4-6H,1-3H3,(H,15,16,18,19). The Morgan fingerprint density at radius 2 is 2.24 bits per heavy atom. The fraction of sp³-hybridized carbons (Fsp3) is 0.308. The number of nitrogens with zero attached hydrogens (tertiary/aromatic N) is 4. The van der Waals surface area contributed by atoms with Gasteiger partial charge in [0.1, 0.15) is 5.82 Å². The highest BCUT2D eigenvalue weighted by atomic mass is 32.1. The molecule has 3 aromatic rings. The zero-order valence-corrected chi connectivity index (χ0v) is 12.6. The highest BCUT2D eigenvalue weighted by molar-refractivity contribution is 7.09. The van der Waals surface area contributed by atoms with Gasteiger partial charge in [-0.2, -0.15) is 4.37 Å². The van der Waals surface area contributed by atoms with Crippen LogP contribution in [0.1, 0.15) is 41.6 Å². The van der Waals surface area contributed by atoms with Crippen molar-refractivity contribution in [1.29, 1.82) is 0 Å². The fourth-order valence-electron chi connectivity index (χ4n) is 1.91. The maximum atomic E-state index is 12.2. The summed E-state index contributed by atoms with van der Waals surface area (Å²) < 4.78 is 9.17. The van der Waals surface area contributed by atoms with Crippen LogP contribution in [0.3, 0.4) is 0 Å². The van der Waals surface area contributed by atoms with E-state index in [0.717, 1.165) is 22.6 Å². The molecule has 21 heavy (non-hydrogen) atoms. The van der Waals surface area contributed by atoms with Crippen LogP contribution in [0.25, 0.3) is 11.1 Å². The van der Waals surface area contributed by atoms with Crippen molar-refractivity contribution >= 4 is 33.7 Å². The molecule has 0 bridgehead atoms. The second-order valence-corrected chi connectivity index (χ2v) is 5.65. The van der Waals surface area contributed by atoms with Crippen LogP contribution >= 0.6 is 11.5 Å². The van der Waals surface area contributed by atoms with Crippen LogP contribution in [0.2, 0.25) is 0 Å². The number of hydrogen-bond donors (Lipinski definition) is 1. The van der Waals surface area contributed by atoms with E-state index >= 15 is 0 Å². The van der Waals surface area contributed by atoms with E-state index in [4.69, 9.17) is 4.52 Å². The second kappa shape index (κ2) is 5.21. The number of aryl methyl sites for hydroxylation is 1. The van der Waals surface area contributed by atoms with Gasteiger partial charge in [-0.1, -0.05) is 19.0 Å². The normalized spacial score (nSPS) is 11.2. The van der Waals surface area contributed by atoms with E-state index in [1.807, 2.05) is 13.8 Å². The van der Waals surface area contributed by atoms with E-state index < -0.39 is 0 Å². The van der Waals surface area contributed by atoms with Gasteiger partial charge in [0, 0.05) is 17.7 Å². The molecule has 3 rings (SSSR count). The number of rotatable bonds is 3. The van der Waals surface area contributed by atoms with Crippen LogP contribution in [0, 0.1) is 6.92 Å². The van der Waals surface area contributed by atoms with E-state index in [0.29, 0.717) is 22.2 Å². The van der Waals surface area contributed by atoms with Gasteiger partial charge in [0.2, 0.25) is 5.13 Å². The van der Waals surface area contributed by atoms with Gasteiger partial charge in [-0.25, -0.2) is 9.97 Å². The molecule has 108 valence electrons. The number of amides is 1. The van der Waals surface area contributed by atoms with Crippen molar-refractivity contribution in [3.8, 4) is 0 Å². The molecule has 0 spiro atoms. The monoisotopic (exact) mass is 303 g/mol. The Kier molecular flexibility index (Phi) is 3.38. The maximum Gasteiger partial charge on any atom is 0.259 e. The molecule has 0 aliphatic heterocycles. The lowest BCUT2D eigenvalue weighted by atomic mass is 10.1. The maximum absolute atomic E-state index is 12.2. The van der Waals surface area contributed by atoms with Gasteiger partial charge in [-0.05, 0) is 18.9 Å². The Hall–Kier alpha value is -2.35. The lowest BCUT2D eigenvalue weighted by Crippen LogP contribution is -2.12. The van der Waals surface area contributed by atoms with Gasteiger partial charge < -0.3 is 4.52 Å². The fourth-order valence-corrected chi connectivity index (χ4v) is 2.48. The Balaban J connectivity index is 1.92. The van der Waals surface area contributed by atoms with Gasteiger partial charge in [0.25, 0.3) is 11.6 Å². The van der Waals surface area contributed by atoms with Gasteiger partial charge in [0.05, 0.1) is 16.6 Å². The first-order chi connectivity index (χ1) is 10.0. The van der Waals surface area contributed by atoms with Crippen LogP contribution in [-0.4, -0.2) is 25.4 Å². The second-order valence-electron chi connectivity index (χ2n) is 4.90. The molecule has 0 aliphatic carbocycles. The number of carbonyl (C=O) groups is 1. The molecule has 8 heteroatoms. The quantitative estimate of drug-likeness (QED) is 0.799. The SMILES string of the molecule is Cc1nsc(NC(=O)c2cnc3onc(C(C)C)c3c2)n1. The molecular formula is C13H13N5O2S. The Labute approximate surface area is 124 Å². The van der Waals surface area contributed by atoms with Gasteiger partial charge >= 0.3 is 0 Å². The van der Waals surface area contributed by atoms with E-state index in [9.17, 15) is 4.79 Å². The van der Waals surface area contributed by atoms with Crippen LogP contribution in [0.5, 0.6) is 0 Å². The summed E-state index contributed by atoms with van der Waals surface area (Å²) in [7, 11) is 0. The molecule has 3 heterocycles. The smallest absolute Gasteiger partial charge is 0.259 e. The number of hydrogen-bond acceptors (Lipinski definition) is 7. The molecule has 0 radical (unpaired) electrons. The average molecular weight is 303 g/mol. The van der Waals surface area contributed by atoms with Crippen molar-refractivity contribution in [2.75, 3.05) is 5.32 Å². The largest absolute Gasteiger partial charge is 0.336 e. The number of carbonyl (C=O) groups excluding carboxylic acids is 1. The molecular weight excluding hydrogens is 290 g/mol. The molecule has 0 saturated carbocycles. The van der Waals surface area contributed by atoms with Crippen molar-refractivity contribution in [2.24, 2.45) is 0 Å². The summed E-state index contributed by atoms with van der Waals surface area (Å²) in [5, 5.41) is 7.91. The van der Waals surface area contributed by atoms with Crippen LogP contribution in [0.4, 0.5) is 5.13 Å². The van der Waals surface area contributed by atoms with Gasteiger partial charge in [-0.15, -0.1) is 0 Å². The molecule has 0 aliphatic rings. The summed E-state index contributed by atoms with van der Waals surface area (Å²) in [4.78, 5) is 20.4. The van der Waals surface area contributed by atoms with Crippen molar-refractivity contribution < 1.29 is 9.32 Å². The summed E-state index contributed by atoms with van der Waals surface area (Å²) in [6, 6.07) is 1.73. The zero-order chi connectivity index (χ0) is 15.0. The third-order valence-corrected chi connectivity index (χ3v) is 3.64.